The standard InChI is InChI=1S/C18H32N6O2/c1-3-19-18(20-11-5-6-12-24-13-21-22-14-24)23-16-9-7-15(8-10-16)17(25)26-4-2/h13-16H,3-12H2,1-2H3,(H2,19,20,23). The maximum atomic E-state index is 11.8. The summed E-state index contributed by atoms with van der Waals surface area (Å²) in [6, 6.07) is 0.371. The molecule has 1 aromatic heterocycles. The number of nitrogens with one attached hydrogen (secondary N) is 2. The monoisotopic (exact) mass is 364 g/mol. The molecule has 0 spiro atoms. The summed E-state index contributed by atoms with van der Waals surface area (Å²) in [6.07, 6.45) is 9.26. The first kappa shape index (κ1) is 20.2. The molecular weight excluding hydrogens is 332 g/mol. The number of aromatic nitrogens is 3. The molecule has 0 saturated heterocycles. The van der Waals surface area contributed by atoms with Gasteiger partial charge in [-0.1, -0.05) is 0 Å². The van der Waals surface area contributed by atoms with Crippen molar-refractivity contribution in [3.8, 4) is 0 Å². The molecule has 2 N–H and O–H groups in total. The summed E-state index contributed by atoms with van der Waals surface area (Å²) in [6.45, 7) is 6.94. The fourth-order valence-electron chi connectivity index (χ4n) is 3.18. The van der Waals surface area contributed by atoms with Gasteiger partial charge in [-0.15, -0.1) is 10.2 Å². The number of carbonyl (C=O) groups is 1. The van der Waals surface area contributed by atoms with Gasteiger partial charge in [0.1, 0.15) is 12.7 Å². The van der Waals surface area contributed by atoms with Gasteiger partial charge < -0.3 is 19.9 Å². The number of aryl methyl sites for hydroxylation is 1. The predicted molar refractivity (Wildman–Crippen MR) is 101 cm³/mol. The van der Waals surface area contributed by atoms with E-state index in [2.05, 4.69) is 32.7 Å². The highest BCUT2D eigenvalue weighted by Crippen LogP contribution is 2.25. The van der Waals surface area contributed by atoms with Gasteiger partial charge in [-0.2, -0.15) is 0 Å². The number of nitrogens with zero attached hydrogens (tertiary/aromatic N) is 4. The van der Waals surface area contributed by atoms with Gasteiger partial charge in [-0.25, -0.2) is 0 Å². The molecule has 1 aromatic rings. The summed E-state index contributed by atoms with van der Waals surface area (Å²) in [4.78, 5) is 16.5. The summed E-state index contributed by atoms with van der Waals surface area (Å²) in [5.74, 6) is 0.890. The van der Waals surface area contributed by atoms with E-state index in [1.165, 1.54) is 0 Å². The Hall–Kier alpha value is -2.12. The molecule has 0 aromatic carbocycles. The number of rotatable bonds is 9. The van der Waals surface area contributed by atoms with Gasteiger partial charge in [0.2, 0.25) is 0 Å². The van der Waals surface area contributed by atoms with E-state index in [0.29, 0.717) is 12.6 Å². The largest absolute Gasteiger partial charge is 0.466 e. The molecule has 1 saturated carbocycles. The van der Waals surface area contributed by atoms with E-state index < -0.39 is 0 Å². The summed E-state index contributed by atoms with van der Waals surface area (Å²) in [5.41, 5.74) is 0. The number of carbonyl (C=O) groups excluding carboxylic acids is 1. The van der Waals surface area contributed by atoms with Crippen molar-refractivity contribution in [3.63, 3.8) is 0 Å². The summed E-state index contributed by atoms with van der Waals surface area (Å²) in [5, 5.41) is 14.4. The minimum absolute atomic E-state index is 0.0420. The number of unbranched alkanes of at least 4 members (excludes halogenated alkanes) is 1. The van der Waals surface area contributed by atoms with Crippen LogP contribution in [-0.2, 0) is 16.1 Å². The Morgan fingerprint density at radius 1 is 1.19 bits per heavy atom. The molecule has 1 aliphatic rings. The van der Waals surface area contributed by atoms with Crippen molar-refractivity contribution in [2.24, 2.45) is 10.9 Å². The Balaban J connectivity index is 1.69. The molecule has 26 heavy (non-hydrogen) atoms. The summed E-state index contributed by atoms with van der Waals surface area (Å²) >= 11 is 0. The number of hydrogen-bond acceptors (Lipinski definition) is 5. The van der Waals surface area contributed by atoms with Crippen LogP contribution in [0.1, 0.15) is 52.4 Å². The first-order chi connectivity index (χ1) is 12.7. The summed E-state index contributed by atoms with van der Waals surface area (Å²) < 4.78 is 7.12. The van der Waals surface area contributed by atoms with Crippen LogP contribution in [0.3, 0.4) is 0 Å². The van der Waals surface area contributed by atoms with Crippen LogP contribution in [0.15, 0.2) is 17.6 Å². The maximum absolute atomic E-state index is 11.8. The van der Waals surface area contributed by atoms with E-state index in [1.807, 2.05) is 11.5 Å². The third-order valence-corrected chi connectivity index (χ3v) is 4.59. The van der Waals surface area contributed by atoms with Gasteiger partial charge in [0.15, 0.2) is 5.96 Å². The van der Waals surface area contributed by atoms with Crippen LogP contribution < -0.4 is 10.6 Å². The second kappa shape index (κ2) is 11.5. The van der Waals surface area contributed by atoms with Gasteiger partial charge in [0, 0.05) is 25.7 Å². The maximum Gasteiger partial charge on any atom is 0.308 e. The van der Waals surface area contributed by atoms with Crippen molar-refractivity contribution < 1.29 is 9.53 Å². The SMILES string of the molecule is CCNC(=NCCCCn1cnnc1)NC1CCC(C(=O)OCC)CC1. The lowest BCUT2D eigenvalue weighted by atomic mass is 9.86. The molecule has 0 amide bonds. The van der Waals surface area contributed by atoms with Gasteiger partial charge in [0.25, 0.3) is 0 Å². The molecule has 1 aliphatic carbocycles. The van der Waals surface area contributed by atoms with Crippen molar-refractivity contribution in [1.82, 2.24) is 25.4 Å². The number of guanidine groups is 1. The lowest BCUT2D eigenvalue weighted by molar-refractivity contribution is -0.149. The topological polar surface area (TPSA) is 93.4 Å². The fraction of sp³-hybridized carbons (Fsp3) is 0.778. The molecular formula is C18H32N6O2. The Morgan fingerprint density at radius 3 is 2.58 bits per heavy atom. The normalized spacial score (nSPS) is 20.6. The Morgan fingerprint density at radius 2 is 1.92 bits per heavy atom. The predicted octanol–water partition coefficient (Wildman–Crippen LogP) is 1.74. The number of aliphatic imine (C=N–C) groups is 1. The molecule has 0 aliphatic heterocycles. The van der Waals surface area contributed by atoms with Crippen LogP contribution in [-0.4, -0.2) is 52.4 Å². The molecule has 2 rings (SSSR count). The number of ether oxygens (including phenoxy) is 1. The summed E-state index contributed by atoms with van der Waals surface area (Å²) in [7, 11) is 0. The quantitative estimate of drug-likeness (QED) is 0.300. The van der Waals surface area contributed by atoms with Crippen LogP contribution in [0.5, 0.6) is 0 Å². The highest BCUT2D eigenvalue weighted by Gasteiger charge is 2.27. The second-order valence-electron chi connectivity index (χ2n) is 6.61. The molecule has 1 fully saturated rings. The van der Waals surface area contributed by atoms with E-state index in [0.717, 1.165) is 64.1 Å². The Kier molecular flexibility index (Phi) is 8.92. The molecule has 146 valence electrons. The molecule has 8 nitrogen and oxygen atoms in total. The average Bonchev–Trinajstić information content (AvgIpc) is 3.16. The first-order valence-corrected chi connectivity index (χ1v) is 9.76. The van der Waals surface area contributed by atoms with Crippen LogP contribution in [0.25, 0.3) is 0 Å². The fourth-order valence-corrected chi connectivity index (χ4v) is 3.18. The van der Waals surface area contributed by atoms with E-state index in [4.69, 9.17) is 4.74 Å². The molecule has 0 bridgehead atoms. The van der Waals surface area contributed by atoms with Crippen molar-refractivity contribution in [1.29, 1.82) is 0 Å². The Labute approximate surface area is 155 Å². The van der Waals surface area contributed by atoms with E-state index in [-0.39, 0.29) is 11.9 Å². The zero-order valence-electron chi connectivity index (χ0n) is 16.0. The van der Waals surface area contributed by atoms with Crippen molar-refractivity contribution in [2.75, 3.05) is 19.7 Å². The van der Waals surface area contributed by atoms with Crippen LogP contribution in [0.4, 0.5) is 0 Å². The highest BCUT2D eigenvalue weighted by atomic mass is 16.5. The molecule has 1 heterocycles. The molecule has 0 radical (unpaired) electrons. The lowest BCUT2D eigenvalue weighted by Crippen LogP contribution is -2.45. The smallest absolute Gasteiger partial charge is 0.308 e. The van der Waals surface area contributed by atoms with E-state index >= 15 is 0 Å². The minimum Gasteiger partial charge on any atom is -0.466 e. The van der Waals surface area contributed by atoms with Crippen LogP contribution in [0, 0.1) is 5.92 Å². The molecule has 0 atom stereocenters. The number of hydrogen-bond donors (Lipinski definition) is 2. The highest BCUT2D eigenvalue weighted by molar-refractivity contribution is 5.80. The lowest BCUT2D eigenvalue weighted by Gasteiger charge is -2.29. The van der Waals surface area contributed by atoms with E-state index in [1.54, 1.807) is 12.7 Å². The zero-order chi connectivity index (χ0) is 18.6. The van der Waals surface area contributed by atoms with Crippen LogP contribution >= 0.6 is 0 Å². The van der Waals surface area contributed by atoms with Crippen molar-refractivity contribution in [3.05, 3.63) is 12.7 Å². The Bertz CT molecular complexity index is 538. The molecule has 0 unspecified atom stereocenters. The van der Waals surface area contributed by atoms with E-state index in [9.17, 15) is 4.79 Å². The average molecular weight is 364 g/mol. The first-order valence-electron chi connectivity index (χ1n) is 9.76. The third kappa shape index (κ3) is 7.01. The van der Waals surface area contributed by atoms with Gasteiger partial charge in [0.05, 0.1) is 12.5 Å². The van der Waals surface area contributed by atoms with Gasteiger partial charge in [-0.3, -0.25) is 9.79 Å². The second-order valence-corrected chi connectivity index (χ2v) is 6.61. The van der Waals surface area contributed by atoms with Crippen molar-refractivity contribution >= 4 is 11.9 Å². The van der Waals surface area contributed by atoms with Gasteiger partial charge in [-0.05, 0) is 52.4 Å². The number of esters is 1. The van der Waals surface area contributed by atoms with Crippen molar-refractivity contribution in [2.45, 2.75) is 65.0 Å². The zero-order valence-corrected chi connectivity index (χ0v) is 16.0. The minimum atomic E-state index is -0.0420. The van der Waals surface area contributed by atoms with Crippen LogP contribution in [0.2, 0.25) is 0 Å². The third-order valence-electron chi connectivity index (χ3n) is 4.59. The molecule has 8 heteroatoms. The van der Waals surface area contributed by atoms with Gasteiger partial charge >= 0.3 is 5.97 Å².